The number of methoxy groups -OCH3 is 1. The minimum atomic E-state index is -0.436. The van der Waals surface area contributed by atoms with Crippen LogP contribution in [0.2, 0.25) is 0 Å². The van der Waals surface area contributed by atoms with Crippen molar-refractivity contribution in [3.05, 3.63) is 52.6 Å². The Bertz CT molecular complexity index is 557. The van der Waals surface area contributed by atoms with Crippen LogP contribution in [0, 0.1) is 0 Å². The van der Waals surface area contributed by atoms with Gasteiger partial charge in [0.05, 0.1) is 17.1 Å². The van der Waals surface area contributed by atoms with E-state index in [-0.39, 0.29) is 0 Å². The maximum Gasteiger partial charge on any atom is 0.339 e. The normalized spacial score (nSPS) is 9.89. The number of rotatable bonds is 3. The third-order valence-electron chi connectivity index (χ3n) is 2.19. The van der Waals surface area contributed by atoms with Gasteiger partial charge in [0.2, 0.25) is 5.88 Å². The summed E-state index contributed by atoms with van der Waals surface area (Å²) in [6, 6.07) is 10.9. The van der Waals surface area contributed by atoms with E-state index in [2.05, 4.69) is 25.7 Å². The van der Waals surface area contributed by atoms with E-state index in [1.54, 1.807) is 6.07 Å². The lowest BCUT2D eigenvalue weighted by molar-refractivity contribution is 0.0600. The van der Waals surface area contributed by atoms with Crippen molar-refractivity contribution < 1.29 is 14.3 Å². The Kier molecular flexibility index (Phi) is 3.94. The molecule has 0 fully saturated rings. The number of pyridine rings is 1. The molecule has 0 radical (unpaired) electrons. The van der Waals surface area contributed by atoms with Crippen molar-refractivity contribution in [2.75, 3.05) is 7.11 Å². The van der Waals surface area contributed by atoms with Crippen LogP contribution >= 0.6 is 15.9 Å². The molecule has 0 N–H and O–H groups in total. The zero-order chi connectivity index (χ0) is 13.0. The van der Waals surface area contributed by atoms with Crippen LogP contribution in [0.25, 0.3) is 0 Å². The van der Waals surface area contributed by atoms with E-state index < -0.39 is 5.97 Å². The predicted octanol–water partition coefficient (Wildman–Crippen LogP) is 3.42. The van der Waals surface area contributed by atoms with Gasteiger partial charge in [-0.1, -0.05) is 18.2 Å². The number of ether oxygens (including phenoxy) is 2. The molecule has 0 aliphatic carbocycles. The van der Waals surface area contributed by atoms with Gasteiger partial charge in [-0.25, -0.2) is 9.78 Å². The summed E-state index contributed by atoms with van der Waals surface area (Å²) >= 11 is 3.31. The fraction of sp³-hybridized carbons (Fsp3) is 0.0769. The molecule has 2 aromatic rings. The van der Waals surface area contributed by atoms with Gasteiger partial charge in [0, 0.05) is 6.20 Å². The van der Waals surface area contributed by atoms with Crippen LogP contribution in [-0.2, 0) is 4.74 Å². The molecular weight excluding hydrogens is 298 g/mol. The summed E-state index contributed by atoms with van der Waals surface area (Å²) in [6.45, 7) is 0. The standard InChI is InChI=1S/C13H10BrNO3/c1-17-13(16)9-7-11(14)12(15-8-9)18-10-5-3-2-4-6-10/h2-8H,1H3. The van der Waals surface area contributed by atoms with Crippen LogP contribution in [0.15, 0.2) is 47.1 Å². The molecule has 1 aromatic heterocycles. The fourth-order valence-corrected chi connectivity index (χ4v) is 1.76. The van der Waals surface area contributed by atoms with Crippen molar-refractivity contribution in [1.82, 2.24) is 4.98 Å². The monoisotopic (exact) mass is 307 g/mol. The van der Waals surface area contributed by atoms with Crippen molar-refractivity contribution in [1.29, 1.82) is 0 Å². The average molecular weight is 308 g/mol. The lowest BCUT2D eigenvalue weighted by Gasteiger charge is -2.07. The first-order valence-corrected chi connectivity index (χ1v) is 5.97. The topological polar surface area (TPSA) is 48.4 Å². The van der Waals surface area contributed by atoms with Gasteiger partial charge in [-0.05, 0) is 34.1 Å². The van der Waals surface area contributed by atoms with Crippen molar-refractivity contribution >= 4 is 21.9 Å². The number of nitrogens with zero attached hydrogens (tertiary/aromatic N) is 1. The number of carbonyl (C=O) groups is 1. The second-order valence-electron chi connectivity index (χ2n) is 3.42. The smallest absolute Gasteiger partial charge is 0.339 e. The molecule has 0 aliphatic rings. The molecule has 0 amide bonds. The second kappa shape index (κ2) is 5.64. The molecule has 1 aromatic carbocycles. The van der Waals surface area contributed by atoms with E-state index in [1.807, 2.05) is 30.3 Å². The predicted molar refractivity (Wildman–Crippen MR) is 69.8 cm³/mol. The summed E-state index contributed by atoms with van der Waals surface area (Å²) in [6.07, 6.45) is 1.41. The third kappa shape index (κ3) is 2.87. The van der Waals surface area contributed by atoms with Crippen molar-refractivity contribution in [3.8, 4) is 11.6 Å². The fourth-order valence-electron chi connectivity index (χ4n) is 1.33. The summed E-state index contributed by atoms with van der Waals surface area (Å²) in [5.74, 6) is 0.639. The van der Waals surface area contributed by atoms with E-state index in [1.165, 1.54) is 13.3 Å². The second-order valence-corrected chi connectivity index (χ2v) is 4.27. The number of hydrogen-bond donors (Lipinski definition) is 0. The first-order chi connectivity index (χ1) is 8.70. The van der Waals surface area contributed by atoms with Crippen molar-refractivity contribution in [3.63, 3.8) is 0 Å². The third-order valence-corrected chi connectivity index (χ3v) is 2.75. The molecule has 1 heterocycles. The van der Waals surface area contributed by atoms with Crippen LogP contribution in [0.3, 0.4) is 0 Å². The van der Waals surface area contributed by atoms with Gasteiger partial charge in [0.25, 0.3) is 0 Å². The highest BCUT2D eigenvalue weighted by molar-refractivity contribution is 9.10. The average Bonchev–Trinajstić information content (AvgIpc) is 2.41. The van der Waals surface area contributed by atoms with Gasteiger partial charge >= 0.3 is 5.97 Å². The van der Waals surface area contributed by atoms with Gasteiger partial charge < -0.3 is 9.47 Å². The van der Waals surface area contributed by atoms with Gasteiger partial charge in [0.15, 0.2) is 0 Å². The van der Waals surface area contributed by atoms with Gasteiger partial charge in [-0.2, -0.15) is 0 Å². The van der Waals surface area contributed by atoms with E-state index in [0.717, 1.165) is 0 Å². The molecule has 2 rings (SSSR count). The number of hydrogen-bond acceptors (Lipinski definition) is 4. The molecule has 0 saturated heterocycles. The summed E-state index contributed by atoms with van der Waals surface area (Å²) in [5, 5.41) is 0. The SMILES string of the molecule is COC(=O)c1cnc(Oc2ccccc2)c(Br)c1. The summed E-state index contributed by atoms with van der Waals surface area (Å²) in [4.78, 5) is 15.4. The minimum Gasteiger partial charge on any atom is -0.465 e. The molecule has 0 atom stereocenters. The van der Waals surface area contributed by atoms with E-state index in [0.29, 0.717) is 21.7 Å². The number of aromatic nitrogens is 1. The van der Waals surface area contributed by atoms with Crippen molar-refractivity contribution in [2.45, 2.75) is 0 Å². The van der Waals surface area contributed by atoms with E-state index >= 15 is 0 Å². The lowest BCUT2D eigenvalue weighted by atomic mass is 10.3. The van der Waals surface area contributed by atoms with Gasteiger partial charge in [-0.3, -0.25) is 0 Å². The molecule has 5 heteroatoms. The zero-order valence-corrected chi connectivity index (χ0v) is 11.2. The number of para-hydroxylation sites is 1. The Morgan fingerprint density at radius 1 is 1.28 bits per heavy atom. The Hall–Kier alpha value is -1.88. The molecule has 0 spiro atoms. The molecule has 0 aliphatic heterocycles. The number of esters is 1. The summed E-state index contributed by atoms with van der Waals surface area (Å²) < 4.78 is 10.8. The van der Waals surface area contributed by atoms with Gasteiger partial charge in [-0.15, -0.1) is 0 Å². The quantitative estimate of drug-likeness (QED) is 0.815. The Balaban J connectivity index is 2.23. The maximum atomic E-state index is 11.3. The molecule has 0 saturated carbocycles. The number of halogens is 1. The zero-order valence-electron chi connectivity index (χ0n) is 9.59. The maximum absolute atomic E-state index is 11.3. The van der Waals surface area contributed by atoms with Crippen LogP contribution < -0.4 is 4.74 Å². The number of benzene rings is 1. The largest absolute Gasteiger partial charge is 0.465 e. The summed E-state index contributed by atoms with van der Waals surface area (Å²) in [7, 11) is 1.32. The Morgan fingerprint density at radius 3 is 2.61 bits per heavy atom. The minimum absolute atomic E-state index is 0.366. The van der Waals surface area contributed by atoms with Crippen molar-refractivity contribution in [2.24, 2.45) is 0 Å². The van der Waals surface area contributed by atoms with Gasteiger partial charge in [0.1, 0.15) is 5.75 Å². The first kappa shape index (κ1) is 12.6. The van der Waals surface area contributed by atoms with Crippen LogP contribution in [0.1, 0.15) is 10.4 Å². The Morgan fingerprint density at radius 2 is 2.00 bits per heavy atom. The van der Waals surface area contributed by atoms with Crippen LogP contribution in [-0.4, -0.2) is 18.1 Å². The molecule has 0 unspecified atom stereocenters. The molecular formula is C13H10BrNO3. The molecule has 4 nitrogen and oxygen atoms in total. The van der Waals surface area contributed by atoms with E-state index in [4.69, 9.17) is 4.74 Å². The van der Waals surface area contributed by atoms with E-state index in [9.17, 15) is 4.79 Å². The molecule has 0 bridgehead atoms. The molecule has 92 valence electrons. The lowest BCUT2D eigenvalue weighted by Crippen LogP contribution is -2.02. The van der Waals surface area contributed by atoms with Crippen LogP contribution in [0.4, 0.5) is 0 Å². The highest BCUT2D eigenvalue weighted by Gasteiger charge is 2.11. The van der Waals surface area contributed by atoms with Crippen LogP contribution in [0.5, 0.6) is 11.6 Å². The Labute approximate surface area is 113 Å². The first-order valence-electron chi connectivity index (χ1n) is 5.17. The number of carbonyl (C=O) groups excluding carboxylic acids is 1. The molecule has 18 heavy (non-hydrogen) atoms. The highest BCUT2D eigenvalue weighted by atomic mass is 79.9. The summed E-state index contributed by atoms with van der Waals surface area (Å²) in [5.41, 5.74) is 0.366. The highest BCUT2D eigenvalue weighted by Crippen LogP contribution is 2.27.